The van der Waals surface area contributed by atoms with Crippen molar-refractivity contribution in [2.24, 2.45) is 0 Å². The minimum absolute atomic E-state index is 1.52. The predicted octanol–water partition coefficient (Wildman–Crippen LogP) is 2.20. The average Bonchev–Trinajstić information content (AvgIpc) is 2.51. The fraction of sp³-hybridized carbons (Fsp3) is 0. The van der Waals surface area contributed by atoms with Crippen LogP contribution in [-0.4, -0.2) is 16.2 Å². The maximum absolute atomic E-state index is 2.28. The Hall–Kier alpha value is -1.70. The van der Waals surface area contributed by atoms with Gasteiger partial charge in [-0.15, -0.1) is 0 Å². The zero-order valence-corrected chi connectivity index (χ0v) is 13.2. The molecule has 3 aromatic carbocycles. The summed E-state index contributed by atoms with van der Waals surface area (Å²) in [5, 5.41) is 0. The molecule has 0 amide bonds. The Morgan fingerprint density at radius 1 is 0.368 bits per heavy atom. The van der Waals surface area contributed by atoms with E-state index in [1.807, 2.05) is 0 Å². The molecule has 0 fully saturated rings. The van der Waals surface area contributed by atoms with Gasteiger partial charge < -0.3 is 0 Å². The van der Waals surface area contributed by atoms with Gasteiger partial charge in [0.1, 0.15) is 0 Å². The summed E-state index contributed by atoms with van der Waals surface area (Å²) in [5.41, 5.74) is 0. The minimum atomic E-state index is -1.87. The summed E-state index contributed by atoms with van der Waals surface area (Å²) in [7, 11) is 0. The normalized spacial score (nSPS) is 10.1. The summed E-state index contributed by atoms with van der Waals surface area (Å²) >= 11 is -1.87. The van der Waals surface area contributed by atoms with E-state index in [0.29, 0.717) is 0 Å². The Bertz CT molecular complexity index is 524. The van der Waals surface area contributed by atoms with Crippen LogP contribution in [0.2, 0.25) is 0 Å². The Balaban J connectivity index is 2.12. The van der Waals surface area contributed by atoms with E-state index in [-0.39, 0.29) is 0 Å². The molecule has 90 valence electrons. The second-order valence-electron chi connectivity index (χ2n) is 4.67. The van der Waals surface area contributed by atoms with Gasteiger partial charge in [-0.05, 0) is 0 Å². The first-order valence-electron chi connectivity index (χ1n) is 6.60. The molecule has 0 radical (unpaired) electrons. The number of hydrogen-bond acceptors (Lipinski definition) is 0. The molecule has 1 heteroatoms. The van der Waals surface area contributed by atoms with Crippen LogP contribution >= 0.6 is 0 Å². The van der Waals surface area contributed by atoms with Gasteiger partial charge in [-0.1, -0.05) is 0 Å². The molecule has 0 nitrogen and oxygen atoms in total. The molecule has 0 aliphatic heterocycles. The fourth-order valence-electron chi connectivity index (χ4n) is 2.51. The zero-order valence-electron chi connectivity index (χ0n) is 10.7. The van der Waals surface area contributed by atoms with Crippen LogP contribution in [0.15, 0.2) is 91.0 Å². The third-order valence-electron chi connectivity index (χ3n) is 3.40. The summed E-state index contributed by atoms with van der Waals surface area (Å²) in [4.78, 5) is 0. The monoisotopic (exact) mass is 300 g/mol. The van der Waals surface area contributed by atoms with Gasteiger partial charge in [0.25, 0.3) is 0 Å². The molecule has 0 spiro atoms. The average molecular weight is 301 g/mol. The molecule has 19 heavy (non-hydrogen) atoms. The van der Waals surface area contributed by atoms with Crippen LogP contribution in [0.3, 0.4) is 0 Å². The summed E-state index contributed by atoms with van der Waals surface area (Å²) in [6, 6.07) is 32.9. The van der Waals surface area contributed by atoms with Gasteiger partial charge in [-0.3, -0.25) is 0 Å². The molecule has 3 aromatic rings. The summed E-state index contributed by atoms with van der Waals surface area (Å²) in [5.74, 6) is 0. The molecule has 0 aromatic heterocycles. The van der Waals surface area contributed by atoms with Gasteiger partial charge in [0.05, 0.1) is 0 Å². The van der Waals surface area contributed by atoms with E-state index in [4.69, 9.17) is 0 Å². The molecular weight excluding hydrogens is 286 g/mol. The molecule has 0 aliphatic rings. The zero-order chi connectivity index (χ0) is 12.9. The van der Waals surface area contributed by atoms with Crippen LogP contribution in [0.5, 0.6) is 0 Å². The van der Waals surface area contributed by atoms with Gasteiger partial charge in [0, 0.05) is 0 Å². The van der Waals surface area contributed by atoms with Gasteiger partial charge in [0.15, 0.2) is 0 Å². The van der Waals surface area contributed by atoms with E-state index in [9.17, 15) is 0 Å². The quantitative estimate of drug-likeness (QED) is 0.651. The first-order valence-corrected chi connectivity index (χ1v) is 10.2. The first-order chi connectivity index (χ1) is 9.45. The van der Waals surface area contributed by atoms with Gasteiger partial charge >= 0.3 is 120 Å². The molecule has 3 rings (SSSR count). The topological polar surface area (TPSA) is 0 Å². The first kappa shape index (κ1) is 12.3. The van der Waals surface area contributed by atoms with Crippen molar-refractivity contribution >= 4 is 28.6 Å². The van der Waals surface area contributed by atoms with Crippen molar-refractivity contribution in [3.05, 3.63) is 91.0 Å². The van der Waals surface area contributed by atoms with Crippen LogP contribution in [0.1, 0.15) is 0 Å². The van der Waals surface area contributed by atoms with Crippen molar-refractivity contribution in [1.82, 2.24) is 0 Å². The van der Waals surface area contributed by atoms with Crippen molar-refractivity contribution in [3.63, 3.8) is 0 Å². The molecule has 0 atom stereocenters. The second-order valence-corrected chi connectivity index (χ2v) is 10.7. The number of hydrogen-bond donors (Lipinski definition) is 0. The third kappa shape index (κ3) is 2.83. The van der Waals surface area contributed by atoms with E-state index in [1.54, 1.807) is 0 Å². The third-order valence-corrected chi connectivity index (χ3v) is 10.0. The Kier molecular flexibility index (Phi) is 3.87. The van der Waals surface area contributed by atoms with Crippen LogP contribution in [-0.2, 0) is 0 Å². The Morgan fingerprint density at radius 2 is 0.632 bits per heavy atom. The standard InChI is InChI=1S/3C6H5.Ga/c3*1-2-4-6-5-3-1;/h3*1-5H;. The SMILES string of the molecule is c1cc[c]([Ga]([c]2ccccc2)[c]2ccccc2)cc1. The molecule has 0 bridgehead atoms. The van der Waals surface area contributed by atoms with Crippen LogP contribution in [0.25, 0.3) is 0 Å². The Labute approximate surface area is 119 Å². The molecule has 0 aliphatic carbocycles. The van der Waals surface area contributed by atoms with Gasteiger partial charge in [-0.2, -0.15) is 0 Å². The molecule has 0 N–H and O–H groups in total. The van der Waals surface area contributed by atoms with E-state index >= 15 is 0 Å². The van der Waals surface area contributed by atoms with Gasteiger partial charge in [-0.25, -0.2) is 0 Å². The molecule has 0 unspecified atom stereocenters. The van der Waals surface area contributed by atoms with Crippen molar-refractivity contribution in [2.45, 2.75) is 0 Å². The summed E-state index contributed by atoms with van der Waals surface area (Å²) < 4.78 is 4.56. The molecule has 0 saturated heterocycles. The van der Waals surface area contributed by atoms with Crippen molar-refractivity contribution in [1.29, 1.82) is 0 Å². The molecule has 0 heterocycles. The van der Waals surface area contributed by atoms with Gasteiger partial charge in [0.2, 0.25) is 0 Å². The molecular formula is C18H15Ga. The van der Waals surface area contributed by atoms with Crippen LogP contribution in [0.4, 0.5) is 0 Å². The van der Waals surface area contributed by atoms with Crippen LogP contribution in [0, 0.1) is 0 Å². The van der Waals surface area contributed by atoms with Crippen molar-refractivity contribution < 1.29 is 0 Å². The fourth-order valence-corrected chi connectivity index (χ4v) is 8.76. The Morgan fingerprint density at radius 3 is 0.895 bits per heavy atom. The van der Waals surface area contributed by atoms with Crippen LogP contribution < -0.4 is 12.4 Å². The van der Waals surface area contributed by atoms with E-state index in [1.165, 1.54) is 12.4 Å². The van der Waals surface area contributed by atoms with E-state index in [2.05, 4.69) is 91.0 Å². The number of rotatable bonds is 3. The maximum atomic E-state index is 2.28. The predicted molar refractivity (Wildman–Crippen MR) is 84.0 cm³/mol. The van der Waals surface area contributed by atoms with Crippen molar-refractivity contribution in [3.8, 4) is 0 Å². The summed E-state index contributed by atoms with van der Waals surface area (Å²) in [6.07, 6.45) is 0. The van der Waals surface area contributed by atoms with E-state index < -0.39 is 16.2 Å². The molecule has 0 saturated carbocycles. The van der Waals surface area contributed by atoms with E-state index in [0.717, 1.165) is 0 Å². The van der Waals surface area contributed by atoms with Crippen molar-refractivity contribution in [2.75, 3.05) is 0 Å². The number of benzene rings is 3. The second kappa shape index (κ2) is 5.96. The summed E-state index contributed by atoms with van der Waals surface area (Å²) in [6.45, 7) is 0.